The van der Waals surface area contributed by atoms with E-state index in [9.17, 15) is 31.9 Å². The van der Waals surface area contributed by atoms with Crippen LogP contribution in [0.2, 0.25) is 0 Å². The Morgan fingerprint density at radius 1 is 1.00 bits per heavy atom. The average molecular weight is 643 g/mol. The number of rotatable bonds is 6. The number of aryl methyl sites for hydroxylation is 1. The molecule has 0 unspecified atom stereocenters. The van der Waals surface area contributed by atoms with E-state index in [1.807, 2.05) is 41.5 Å². The predicted octanol–water partition coefficient (Wildman–Crippen LogP) is 5.04. The number of nitrogens with zero attached hydrogens (tertiary/aromatic N) is 3. The van der Waals surface area contributed by atoms with Crippen LogP contribution in [0.25, 0.3) is 16.6 Å². The first kappa shape index (κ1) is 34.4. The first-order valence-electron chi connectivity index (χ1n) is 14.6. The number of primary amides is 1. The fourth-order valence-electron chi connectivity index (χ4n) is 4.88. The number of alkyl halides is 3. The number of hydrogen-bond acceptors (Lipinski definition) is 6. The summed E-state index contributed by atoms with van der Waals surface area (Å²) in [7, 11) is -0.682. The number of hydrogen-bond donors (Lipinski definition) is 2. The zero-order chi connectivity index (χ0) is 34.4. The Bertz CT molecular complexity index is 1850. The number of fused-ring (bicyclic) bond motifs is 1. The number of carbonyl (C=O) groups excluding carboxylic acids is 2. The monoisotopic (exact) mass is 643 g/mol. The Morgan fingerprint density at radius 3 is 2.11 bits per heavy atom. The van der Waals surface area contributed by atoms with Gasteiger partial charge in [0, 0.05) is 12.2 Å². The number of nitrogens with two attached hydrogens (primary N) is 1. The van der Waals surface area contributed by atoms with E-state index < -0.39 is 70.0 Å². The highest BCUT2D eigenvalue weighted by molar-refractivity contribution is 6.62. The van der Waals surface area contributed by atoms with E-state index in [0.717, 1.165) is 22.9 Å². The summed E-state index contributed by atoms with van der Waals surface area (Å²) in [5.74, 6) is -3.19. The standard InChI is InChI=1S/C29H28BF4N5O5.C2H6/c1-6-38-23-19(26(42)39(38)17-10-7-15(8-11-17)30-43-27(2,3)28(4,5)44-30)14-21(29(32,33)34)37-22(23)25(41)36-16-9-12-20(31)18(13-16)24(35)40;1-2/h7-14H,6H2,1-5H3,(H2,35,40)(H,36,41);1-2H3. The van der Waals surface area contributed by atoms with Crippen LogP contribution in [0.1, 0.15) is 75.0 Å². The summed E-state index contributed by atoms with van der Waals surface area (Å²) in [5, 5.41) is 1.93. The third-order valence-corrected chi connectivity index (χ3v) is 7.87. The van der Waals surface area contributed by atoms with Gasteiger partial charge in [0.05, 0.1) is 27.8 Å². The molecule has 5 rings (SSSR count). The highest BCUT2D eigenvalue weighted by Gasteiger charge is 2.51. The minimum atomic E-state index is -4.99. The number of carbonyl (C=O) groups is 2. The van der Waals surface area contributed by atoms with Crippen LogP contribution >= 0.6 is 0 Å². The molecule has 244 valence electrons. The third kappa shape index (κ3) is 6.16. The topological polar surface area (TPSA) is 130 Å². The van der Waals surface area contributed by atoms with Crippen LogP contribution < -0.4 is 22.1 Å². The molecule has 1 aliphatic rings. The Morgan fingerprint density at radius 2 is 1.59 bits per heavy atom. The number of nitrogens with one attached hydrogen (secondary N) is 1. The van der Waals surface area contributed by atoms with Crippen molar-refractivity contribution in [3.63, 3.8) is 0 Å². The maximum absolute atomic E-state index is 14.0. The fourth-order valence-corrected chi connectivity index (χ4v) is 4.88. The first-order chi connectivity index (χ1) is 21.4. The molecular weight excluding hydrogens is 609 g/mol. The highest BCUT2D eigenvalue weighted by atomic mass is 19.4. The molecule has 1 fully saturated rings. The molecule has 4 aromatic rings. The number of aromatic nitrogens is 3. The van der Waals surface area contributed by atoms with E-state index >= 15 is 0 Å². The first-order valence-corrected chi connectivity index (χ1v) is 14.6. The molecule has 0 saturated carbocycles. The van der Waals surface area contributed by atoms with Gasteiger partial charge in [-0.2, -0.15) is 13.2 Å². The molecule has 0 bridgehead atoms. The summed E-state index contributed by atoms with van der Waals surface area (Å²) in [4.78, 5) is 42.2. The zero-order valence-corrected chi connectivity index (χ0v) is 26.4. The number of halogens is 4. The lowest BCUT2D eigenvalue weighted by molar-refractivity contribution is -0.141. The highest BCUT2D eigenvalue weighted by Crippen LogP contribution is 2.36. The molecule has 1 saturated heterocycles. The van der Waals surface area contributed by atoms with Crippen LogP contribution in [-0.2, 0) is 22.0 Å². The van der Waals surface area contributed by atoms with Crippen LogP contribution in [-0.4, -0.2) is 44.5 Å². The fraction of sp³-hybridized carbons (Fsp3) is 0.355. The molecule has 0 radical (unpaired) electrons. The van der Waals surface area contributed by atoms with Crippen molar-refractivity contribution in [2.24, 2.45) is 5.73 Å². The van der Waals surface area contributed by atoms with Crippen LogP contribution in [0.15, 0.2) is 53.3 Å². The Labute approximate surface area is 262 Å². The van der Waals surface area contributed by atoms with E-state index in [1.54, 1.807) is 31.2 Å². The zero-order valence-electron chi connectivity index (χ0n) is 26.4. The minimum Gasteiger partial charge on any atom is -0.399 e. The molecule has 1 aliphatic heterocycles. The normalized spacial score (nSPS) is 15.4. The van der Waals surface area contributed by atoms with Gasteiger partial charge in [0.25, 0.3) is 17.4 Å². The lowest BCUT2D eigenvalue weighted by Gasteiger charge is -2.32. The predicted molar refractivity (Wildman–Crippen MR) is 166 cm³/mol. The molecule has 3 N–H and O–H groups in total. The van der Waals surface area contributed by atoms with Crippen molar-refractivity contribution in [1.29, 1.82) is 0 Å². The van der Waals surface area contributed by atoms with E-state index in [1.165, 1.54) is 4.68 Å². The van der Waals surface area contributed by atoms with Crippen LogP contribution in [0.3, 0.4) is 0 Å². The molecule has 2 amide bonds. The second kappa shape index (κ2) is 12.4. The molecule has 46 heavy (non-hydrogen) atoms. The van der Waals surface area contributed by atoms with Crippen LogP contribution in [0.5, 0.6) is 0 Å². The summed E-state index contributed by atoms with van der Waals surface area (Å²) in [6, 6.07) is 10.1. The second-order valence-corrected chi connectivity index (χ2v) is 11.3. The molecule has 15 heteroatoms. The third-order valence-electron chi connectivity index (χ3n) is 7.87. The molecule has 0 aliphatic carbocycles. The Kier molecular flexibility index (Phi) is 9.24. The van der Waals surface area contributed by atoms with E-state index in [4.69, 9.17) is 15.0 Å². The van der Waals surface area contributed by atoms with Crippen molar-refractivity contribution in [3.05, 3.63) is 81.7 Å². The van der Waals surface area contributed by atoms with Gasteiger partial charge in [0.1, 0.15) is 17.0 Å². The second-order valence-electron chi connectivity index (χ2n) is 11.3. The van der Waals surface area contributed by atoms with E-state index in [0.29, 0.717) is 17.2 Å². The van der Waals surface area contributed by atoms with Gasteiger partial charge < -0.3 is 20.4 Å². The lowest BCUT2D eigenvalue weighted by Crippen LogP contribution is -2.41. The van der Waals surface area contributed by atoms with Gasteiger partial charge in [-0.05, 0) is 76.5 Å². The molecule has 2 aromatic carbocycles. The lowest BCUT2D eigenvalue weighted by atomic mass is 9.79. The summed E-state index contributed by atoms with van der Waals surface area (Å²) in [5.41, 5.74) is 1.17. The summed E-state index contributed by atoms with van der Waals surface area (Å²) < 4.78 is 70.3. The van der Waals surface area contributed by atoms with Crippen molar-refractivity contribution in [1.82, 2.24) is 14.3 Å². The number of pyridine rings is 1. The van der Waals surface area contributed by atoms with Gasteiger partial charge in [-0.3, -0.25) is 19.1 Å². The Balaban J connectivity index is 0.00000235. The molecule has 10 nitrogen and oxygen atoms in total. The number of amides is 2. The molecule has 3 heterocycles. The van der Waals surface area contributed by atoms with Crippen molar-refractivity contribution in [3.8, 4) is 5.69 Å². The molecule has 0 atom stereocenters. The van der Waals surface area contributed by atoms with Crippen LogP contribution in [0.4, 0.5) is 23.2 Å². The SMILES string of the molecule is CC.CCn1c2c(C(=O)Nc3ccc(F)c(C(N)=O)c3)nc(C(F)(F)F)cc2c(=O)n1-c1ccc(B2OC(C)(C)C(C)(C)O2)cc1. The summed E-state index contributed by atoms with van der Waals surface area (Å²) >= 11 is 0. The van der Waals surface area contributed by atoms with E-state index in [-0.39, 0.29) is 17.7 Å². The van der Waals surface area contributed by atoms with Gasteiger partial charge in [0.2, 0.25) is 0 Å². The largest absolute Gasteiger partial charge is 0.494 e. The molecule has 2 aromatic heterocycles. The number of anilines is 1. The maximum atomic E-state index is 14.0. The summed E-state index contributed by atoms with van der Waals surface area (Å²) in [6.07, 6.45) is -4.99. The smallest absolute Gasteiger partial charge is 0.399 e. The van der Waals surface area contributed by atoms with Crippen molar-refractivity contribution >= 4 is 41.0 Å². The van der Waals surface area contributed by atoms with Crippen LogP contribution in [0, 0.1) is 5.82 Å². The number of benzene rings is 2. The van der Waals surface area contributed by atoms with Crippen molar-refractivity contribution < 1.29 is 36.5 Å². The average Bonchev–Trinajstić information content (AvgIpc) is 3.41. The van der Waals surface area contributed by atoms with Gasteiger partial charge in [0.15, 0.2) is 5.69 Å². The van der Waals surface area contributed by atoms with Crippen molar-refractivity contribution in [2.75, 3.05) is 5.32 Å². The maximum Gasteiger partial charge on any atom is 0.494 e. The quantitative estimate of drug-likeness (QED) is 0.224. The van der Waals surface area contributed by atoms with Gasteiger partial charge in [-0.1, -0.05) is 26.0 Å². The summed E-state index contributed by atoms with van der Waals surface area (Å²) in [6.45, 7) is 13.3. The molecular formula is C31H34BF4N5O5. The Hall–Kier alpha value is -4.50. The van der Waals surface area contributed by atoms with Gasteiger partial charge in [-0.25, -0.2) is 14.1 Å². The van der Waals surface area contributed by atoms with E-state index in [2.05, 4.69) is 10.3 Å². The van der Waals surface area contributed by atoms with Crippen molar-refractivity contribution in [2.45, 2.75) is 72.4 Å². The van der Waals surface area contributed by atoms with Gasteiger partial charge in [-0.15, -0.1) is 0 Å². The van der Waals surface area contributed by atoms with Gasteiger partial charge >= 0.3 is 13.3 Å². The minimum absolute atomic E-state index is 0.0629. The molecule has 0 spiro atoms.